The van der Waals surface area contributed by atoms with Crippen LogP contribution in [0.15, 0.2) is 12.1 Å². The average Bonchev–Trinajstić information content (AvgIpc) is 2.86. The second-order valence-electron chi connectivity index (χ2n) is 6.10. The minimum absolute atomic E-state index is 0.0441. The van der Waals surface area contributed by atoms with Gasteiger partial charge in [-0.05, 0) is 43.5 Å². The van der Waals surface area contributed by atoms with Crippen molar-refractivity contribution in [2.24, 2.45) is 5.73 Å². The number of nitrogens with two attached hydrogens (primary N) is 1. The topological polar surface area (TPSA) is 72.9 Å². The zero-order valence-corrected chi connectivity index (χ0v) is 14.5. The smallest absolute Gasteiger partial charge is 0.221 e. The number of fused-ring (bicyclic) bond motifs is 1. The number of hydrogen-bond donors (Lipinski definition) is 2. The molecule has 0 radical (unpaired) electrons. The number of hydrogen-bond acceptors (Lipinski definition) is 3. The highest BCUT2D eigenvalue weighted by Gasteiger charge is 2.13. The van der Waals surface area contributed by atoms with Crippen LogP contribution < -0.4 is 11.1 Å². The third kappa shape index (κ3) is 4.32. The molecule has 1 amide bonds. The minimum atomic E-state index is 0.0441. The number of carbonyl (C=O) groups is 1. The predicted octanol–water partition coefficient (Wildman–Crippen LogP) is 2.46. The number of carbonyl (C=O) groups excluding carboxylic acids is 1. The monoisotopic (exact) mass is 316 g/mol. The Hall–Kier alpha value is -1.88. The summed E-state index contributed by atoms with van der Waals surface area (Å²) in [5, 5.41) is 2.83. The molecule has 0 saturated carbocycles. The van der Waals surface area contributed by atoms with Crippen molar-refractivity contribution in [2.45, 2.75) is 53.0 Å². The van der Waals surface area contributed by atoms with E-state index < -0.39 is 0 Å². The van der Waals surface area contributed by atoms with Crippen molar-refractivity contribution in [3.8, 4) is 0 Å². The van der Waals surface area contributed by atoms with Gasteiger partial charge in [0.05, 0.1) is 11.0 Å². The van der Waals surface area contributed by atoms with Crippen molar-refractivity contribution in [1.82, 2.24) is 14.9 Å². The molecule has 5 heteroatoms. The summed E-state index contributed by atoms with van der Waals surface area (Å²) in [6, 6.07) is 4.33. The van der Waals surface area contributed by atoms with Gasteiger partial charge in [0.25, 0.3) is 0 Å². The number of amides is 1. The number of aromatic nitrogens is 2. The normalized spacial score (nSPS) is 11.1. The van der Waals surface area contributed by atoms with Gasteiger partial charge in [-0.2, -0.15) is 0 Å². The van der Waals surface area contributed by atoms with Gasteiger partial charge in [-0.1, -0.05) is 13.3 Å². The fraction of sp³-hybridized carbons (Fsp3) is 0.556. The summed E-state index contributed by atoms with van der Waals surface area (Å²) in [6.07, 6.45) is 3.66. The Labute approximate surface area is 138 Å². The molecule has 0 unspecified atom stereocenters. The van der Waals surface area contributed by atoms with E-state index >= 15 is 0 Å². The van der Waals surface area contributed by atoms with Gasteiger partial charge >= 0.3 is 0 Å². The molecule has 0 bridgehead atoms. The molecule has 0 spiro atoms. The van der Waals surface area contributed by atoms with E-state index in [1.807, 2.05) is 0 Å². The lowest BCUT2D eigenvalue weighted by Crippen LogP contribution is -2.29. The van der Waals surface area contributed by atoms with Gasteiger partial charge in [0, 0.05) is 32.5 Å². The highest BCUT2D eigenvalue weighted by atomic mass is 16.1. The number of imidazole rings is 1. The predicted molar refractivity (Wildman–Crippen MR) is 94.5 cm³/mol. The summed E-state index contributed by atoms with van der Waals surface area (Å²) in [7, 11) is 0. The van der Waals surface area contributed by atoms with Crippen LogP contribution in [0.3, 0.4) is 0 Å². The van der Waals surface area contributed by atoms with Crippen molar-refractivity contribution < 1.29 is 4.79 Å². The second kappa shape index (κ2) is 8.11. The highest BCUT2D eigenvalue weighted by molar-refractivity contribution is 5.79. The van der Waals surface area contributed by atoms with Crippen molar-refractivity contribution in [3.05, 3.63) is 29.1 Å². The first-order chi connectivity index (χ1) is 11.1. The molecule has 1 aromatic carbocycles. The Morgan fingerprint density at radius 2 is 2.04 bits per heavy atom. The Kier molecular flexibility index (Phi) is 6.16. The Morgan fingerprint density at radius 3 is 2.74 bits per heavy atom. The zero-order chi connectivity index (χ0) is 16.8. The van der Waals surface area contributed by atoms with Gasteiger partial charge in [-0.15, -0.1) is 0 Å². The fourth-order valence-electron chi connectivity index (χ4n) is 2.72. The maximum atomic E-state index is 11.9. The lowest BCUT2D eigenvalue weighted by atomic mass is 10.1. The number of rotatable bonds is 8. The number of nitrogens with zero attached hydrogens (tertiary/aromatic N) is 2. The van der Waals surface area contributed by atoms with E-state index in [0.717, 1.165) is 36.1 Å². The molecule has 0 aliphatic carbocycles. The fourth-order valence-corrected chi connectivity index (χ4v) is 2.72. The molecule has 2 rings (SSSR count). The summed E-state index contributed by atoms with van der Waals surface area (Å²) in [5.41, 5.74) is 10.1. The maximum absolute atomic E-state index is 11.9. The van der Waals surface area contributed by atoms with E-state index in [0.29, 0.717) is 26.1 Å². The van der Waals surface area contributed by atoms with E-state index in [4.69, 9.17) is 10.7 Å². The lowest BCUT2D eigenvalue weighted by molar-refractivity contribution is -0.121. The molecule has 0 aliphatic heterocycles. The summed E-state index contributed by atoms with van der Waals surface area (Å²) >= 11 is 0. The zero-order valence-electron chi connectivity index (χ0n) is 14.5. The van der Waals surface area contributed by atoms with Gasteiger partial charge < -0.3 is 15.6 Å². The average molecular weight is 316 g/mol. The van der Waals surface area contributed by atoms with E-state index in [2.05, 4.69) is 42.8 Å². The molecule has 1 heterocycles. The van der Waals surface area contributed by atoms with Crippen molar-refractivity contribution in [1.29, 1.82) is 0 Å². The van der Waals surface area contributed by atoms with Gasteiger partial charge in [-0.3, -0.25) is 4.79 Å². The summed E-state index contributed by atoms with van der Waals surface area (Å²) < 4.78 is 2.21. The Morgan fingerprint density at radius 1 is 1.30 bits per heavy atom. The third-order valence-corrected chi connectivity index (χ3v) is 4.23. The van der Waals surface area contributed by atoms with E-state index in [1.165, 1.54) is 11.1 Å². The molecular formula is C18H28N4O. The molecule has 3 N–H and O–H groups in total. The van der Waals surface area contributed by atoms with Crippen LogP contribution in [0.5, 0.6) is 0 Å². The lowest BCUT2D eigenvalue weighted by Gasteiger charge is -2.10. The molecule has 1 aromatic heterocycles. The van der Waals surface area contributed by atoms with Crippen LogP contribution in [-0.2, 0) is 17.8 Å². The van der Waals surface area contributed by atoms with Crippen molar-refractivity contribution in [2.75, 3.05) is 13.1 Å². The SMILES string of the molecule is CCCCc1nc2cc(C)c(C)cc2n1CCC(=O)NCCN. The Balaban J connectivity index is 2.26. The van der Waals surface area contributed by atoms with Crippen molar-refractivity contribution >= 4 is 16.9 Å². The van der Waals surface area contributed by atoms with Crippen LogP contribution in [0.2, 0.25) is 0 Å². The summed E-state index contributed by atoms with van der Waals surface area (Å²) in [5.74, 6) is 1.13. The van der Waals surface area contributed by atoms with E-state index in [-0.39, 0.29) is 5.91 Å². The molecular weight excluding hydrogens is 288 g/mol. The molecule has 5 nitrogen and oxygen atoms in total. The van der Waals surface area contributed by atoms with Gasteiger partial charge in [0.1, 0.15) is 5.82 Å². The first kappa shape index (κ1) is 17.5. The summed E-state index contributed by atoms with van der Waals surface area (Å²) in [6.45, 7) is 8.08. The number of benzene rings is 1. The minimum Gasteiger partial charge on any atom is -0.355 e. The van der Waals surface area contributed by atoms with Gasteiger partial charge in [-0.25, -0.2) is 4.98 Å². The van der Waals surface area contributed by atoms with E-state index in [9.17, 15) is 4.79 Å². The van der Waals surface area contributed by atoms with Gasteiger partial charge in [0.2, 0.25) is 5.91 Å². The molecule has 126 valence electrons. The quantitative estimate of drug-likeness (QED) is 0.786. The van der Waals surface area contributed by atoms with Crippen molar-refractivity contribution in [3.63, 3.8) is 0 Å². The first-order valence-electron chi connectivity index (χ1n) is 8.50. The highest BCUT2D eigenvalue weighted by Crippen LogP contribution is 2.22. The first-order valence-corrected chi connectivity index (χ1v) is 8.50. The van der Waals surface area contributed by atoms with E-state index in [1.54, 1.807) is 0 Å². The molecule has 2 aromatic rings. The van der Waals surface area contributed by atoms with Crippen LogP contribution in [0.1, 0.15) is 43.1 Å². The van der Waals surface area contributed by atoms with Crippen LogP contribution >= 0.6 is 0 Å². The van der Waals surface area contributed by atoms with Crippen LogP contribution in [-0.4, -0.2) is 28.5 Å². The Bertz CT molecular complexity index is 675. The largest absolute Gasteiger partial charge is 0.355 e. The second-order valence-corrected chi connectivity index (χ2v) is 6.10. The summed E-state index contributed by atoms with van der Waals surface area (Å²) in [4.78, 5) is 16.7. The maximum Gasteiger partial charge on any atom is 0.221 e. The number of aryl methyl sites for hydroxylation is 4. The van der Waals surface area contributed by atoms with Gasteiger partial charge in [0.15, 0.2) is 0 Å². The van der Waals surface area contributed by atoms with Crippen LogP contribution in [0.25, 0.3) is 11.0 Å². The van der Waals surface area contributed by atoms with Crippen LogP contribution in [0, 0.1) is 13.8 Å². The molecule has 0 saturated heterocycles. The molecule has 0 atom stereocenters. The molecule has 23 heavy (non-hydrogen) atoms. The standard InChI is InChI=1S/C18H28N4O/c1-4-5-6-17-21-15-11-13(2)14(3)12-16(15)22(17)10-7-18(23)20-9-8-19/h11-12H,4-10,19H2,1-3H3,(H,20,23). The molecule has 0 fully saturated rings. The number of unbranched alkanes of at least 4 members (excludes halogenated alkanes) is 1. The number of nitrogens with one attached hydrogen (secondary N) is 1. The van der Waals surface area contributed by atoms with Crippen LogP contribution in [0.4, 0.5) is 0 Å². The third-order valence-electron chi connectivity index (χ3n) is 4.23. The molecule has 0 aliphatic rings.